The van der Waals surface area contributed by atoms with Gasteiger partial charge >= 0.3 is 11.9 Å². The Bertz CT molecular complexity index is 850. The maximum Gasteiger partial charge on any atom is 0.339 e. The van der Waals surface area contributed by atoms with E-state index in [9.17, 15) is 14.4 Å². The van der Waals surface area contributed by atoms with Crippen molar-refractivity contribution in [2.75, 3.05) is 25.3 Å². The number of esters is 2. The monoisotopic (exact) mass is 387 g/mol. The van der Waals surface area contributed by atoms with Crippen LogP contribution in [0.1, 0.15) is 31.8 Å². The molecule has 0 spiro atoms. The smallest absolute Gasteiger partial charge is 0.339 e. The molecule has 7 heteroatoms. The van der Waals surface area contributed by atoms with Gasteiger partial charge in [0.05, 0.1) is 36.8 Å². The van der Waals surface area contributed by atoms with Gasteiger partial charge in [-0.05, 0) is 36.2 Å². The van der Waals surface area contributed by atoms with Crippen LogP contribution < -0.4 is 5.32 Å². The van der Waals surface area contributed by atoms with Crippen molar-refractivity contribution in [1.82, 2.24) is 0 Å². The summed E-state index contributed by atoms with van der Waals surface area (Å²) in [6.07, 6.45) is 0. The number of methoxy groups -OCH3 is 2. The van der Waals surface area contributed by atoms with Gasteiger partial charge in [-0.1, -0.05) is 24.3 Å². The second-order valence-electron chi connectivity index (χ2n) is 5.71. The number of aryl methyl sites for hydroxylation is 1. The van der Waals surface area contributed by atoms with Gasteiger partial charge in [0.25, 0.3) is 0 Å². The topological polar surface area (TPSA) is 81.7 Å². The maximum absolute atomic E-state index is 12.3. The van der Waals surface area contributed by atoms with E-state index >= 15 is 0 Å². The Morgan fingerprint density at radius 3 is 2.37 bits per heavy atom. The molecule has 6 nitrogen and oxygen atoms in total. The molecule has 1 N–H and O–H groups in total. The lowest BCUT2D eigenvalue weighted by molar-refractivity contribution is -0.113. The molecule has 0 atom stereocenters. The number of anilines is 1. The quantitative estimate of drug-likeness (QED) is 0.733. The third kappa shape index (κ3) is 5.59. The zero-order chi connectivity index (χ0) is 19.8. The average Bonchev–Trinajstić information content (AvgIpc) is 2.68. The molecule has 2 rings (SSSR count). The number of rotatable bonds is 7. The third-order valence-corrected chi connectivity index (χ3v) is 4.85. The van der Waals surface area contributed by atoms with Crippen molar-refractivity contribution in [2.45, 2.75) is 12.7 Å². The molecule has 1 amide bonds. The largest absolute Gasteiger partial charge is 0.465 e. The van der Waals surface area contributed by atoms with Crippen molar-refractivity contribution in [3.63, 3.8) is 0 Å². The average molecular weight is 387 g/mol. The molecule has 0 radical (unpaired) electrons. The Kier molecular flexibility index (Phi) is 7.43. The van der Waals surface area contributed by atoms with E-state index in [1.54, 1.807) is 0 Å². The minimum absolute atomic E-state index is 0.169. The number of nitrogens with one attached hydrogen (secondary N) is 1. The number of hydrogen-bond acceptors (Lipinski definition) is 6. The lowest BCUT2D eigenvalue weighted by Gasteiger charge is -2.11. The summed E-state index contributed by atoms with van der Waals surface area (Å²) in [5, 5.41) is 2.68. The van der Waals surface area contributed by atoms with E-state index in [0.717, 1.165) is 0 Å². The van der Waals surface area contributed by atoms with Gasteiger partial charge in [0.1, 0.15) is 0 Å². The van der Waals surface area contributed by atoms with Crippen LogP contribution in [-0.4, -0.2) is 37.8 Å². The molecule has 27 heavy (non-hydrogen) atoms. The SMILES string of the molecule is COC(=O)c1ccc(C(=O)OC)c(NC(=O)CSCc2ccccc2C)c1. The molecule has 0 aromatic heterocycles. The van der Waals surface area contributed by atoms with Crippen molar-refractivity contribution < 1.29 is 23.9 Å². The summed E-state index contributed by atoms with van der Waals surface area (Å²) < 4.78 is 9.40. The van der Waals surface area contributed by atoms with Crippen LogP contribution in [0.25, 0.3) is 0 Å². The fourth-order valence-electron chi connectivity index (χ4n) is 2.39. The molecule has 2 aromatic rings. The van der Waals surface area contributed by atoms with Crippen LogP contribution in [-0.2, 0) is 20.0 Å². The summed E-state index contributed by atoms with van der Waals surface area (Å²) in [4.78, 5) is 35.9. The standard InChI is InChI=1S/C20H21NO5S/c1-13-6-4-5-7-15(13)11-27-12-18(22)21-17-10-14(19(23)25-2)8-9-16(17)20(24)26-3/h4-10H,11-12H2,1-3H3,(H,21,22). The first-order chi connectivity index (χ1) is 13.0. The number of amides is 1. The molecule has 0 aliphatic rings. The molecule has 0 saturated heterocycles. The molecular formula is C20H21NO5S. The summed E-state index contributed by atoms with van der Waals surface area (Å²) >= 11 is 1.46. The Morgan fingerprint density at radius 2 is 1.70 bits per heavy atom. The predicted molar refractivity (Wildman–Crippen MR) is 105 cm³/mol. The number of benzene rings is 2. The number of ether oxygens (including phenoxy) is 2. The van der Waals surface area contributed by atoms with Gasteiger partial charge in [-0.15, -0.1) is 11.8 Å². The van der Waals surface area contributed by atoms with E-state index in [2.05, 4.69) is 10.1 Å². The summed E-state index contributed by atoms with van der Waals surface area (Å²) in [7, 11) is 2.51. The molecule has 0 aliphatic heterocycles. The highest BCUT2D eigenvalue weighted by Gasteiger charge is 2.17. The zero-order valence-electron chi connectivity index (χ0n) is 15.4. The fraction of sp³-hybridized carbons (Fsp3) is 0.250. The van der Waals surface area contributed by atoms with Crippen molar-refractivity contribution in [3.05, 3.63) is 64.7 Å². The highest BCUT2D eigenvalue weighted by Crippen LogP contribution is 2.21. The minimum atomic E-state index is -0.603. The van der Waals surface area contributed by atoms with Gasteiger partial charge in [-0.25, -0.2) is 9.59 Å². The van der Waals surface area contributed by atoms with Crippen LogP contribution >= 0.6 is 11.8 Å². The summed E-state index contributed by atoms with van der Waals surface area (Å²) in [6, 6.07) is 12.3. The second-order valence-corrected chi connectivity index (χ2v) is 6.70. The van der Waals surface area contributed by atoms with Gasteiger partial charge in [0.2, 0.25) is 5.91 Å². The lowest BCUT2D eigenvalue weighted by atomic mass is 10.1. The van der Waals surface area contributed by atoms with Gasteiger partial charge in [0.15, 0.2) is 0 Å². The van der Waals surface area contributed by atoms with Gasteiger partial charge in [-0.3, -0.25) is 4.79 Å². The molecule has 2 aromatic carbocycles. The van der Waals surface area contributed by atoms with Crippen LogP contribution in [0.3, 0.4) is 0 Å². The predicted octanol–water partition coefficient (Wildman–Crippen LogP) is 3.44. The summed E-state index contributed by atoms with van der Waals surface area (Å²) in [5.74, 6) is -0.533. The highest BCUT2D eigenvalue weighted by atomic mass is 32.2. The van der Waals surface area contributed by atoms with Crippen LogP contribution in [0.15, 0.2) is 42.5 Å². The molecule has 0 fully saturated rings. The maximum atomic E-state index is 12.3. The minimum Gasteiger partial charge on any atom is -0.465 e. The van der Waals surface area contributed by atoms with E-state index in [-0.39, 0.29) is 28.5 Å². The van der Waals surface area contributed by atoms with Crippen LogP contribution in [0.5, 0.6) is 0 Å². The van der Waals surface area contributed by atoms with E-state index in [1.807, 2.05) is 31.2 Å². The number of hydrogen-bond donors (Lipinski definition) is 1. The number of carbonyl (C=O) groups is 3. The fourth-order valence-corrected chi connectivity index (χ4v) is 3.30. The zero-order valence-corrected chi connectivity index (χ0v) is 16.2. The van der Waals surface area contributed by atoms with Gasteiger partial charge in [-0.2, -0.15) is 0 Å². The van der Waals surface area contributed by atoms with E-state index < -0.39 is 11.9 Å². The Morgan fingerprint density at radius 1 is 1.00 bits per heavy atom. The Balaban J connectivity index is 2.07. The first-order valence-electron chi connectivity index (χ1n) is 8.19. The first kappa shape index (κ1) is 20.5. The van der Waals surface area contributed by atoms with Crippen molar-refractivity contribution in [1.29, 1.82) is 0 Å². The van der Waals surface area contributed by atoms with Crippen molar-refractivity contribution in [3.8, 4) is 0 Å². The molecule has 0 saturated carbocycles. The number of thioether (sulfide) groups is 1. The van der Waals surface area contributed by atoms with E-state index in [0.29, 0.717) is 5.75 Å². The molecule has 0 bridgehead atoms. The first-order valence-corrected chi connectivity index (χ1v) is 9.34. The summed E-state index contributed by atoms with van der Waals surface area (Å²) in [6.45, 7) is 2.02. The van der Waals surface area contributed by atoms with E-state index in [1.165, 1.54) is 55.3 Å². The van der Waals surface area contributed by atoms with Crippen LogP contribution in [0, 0.1) is 6.92 Å². The lowest BCUT2D eigenvalue weighted by Crippen LogP contribution is -2.18. The molecule has 0 aliphatic carbocycles. The van der Waals surface area contributed by atoms with E-state index in [4.69, 9.17) is 4.74 Å². The normalized spacial score (nSPS) is 10.2. The van der Waals surface area contributed by atoms with Gasteiger partial charge in [0, 0.05) is 5.75 Å². The Hall–Kier alpha value is -2.80. The summed E-state index contributed by atoms with van der Waals surface area (Å²) in [5.41, 5.74) is 2.95. The highest BCUT2D eigenvalue weighted by molar-refractivity contribution is 7.99. The van der Waals surface area contributed by atoms with Crippen molar-refractivity contribution >= 4 is 35.3 Å². The molecule has 0 unspecified atom stereocenters. The molecular weight excluding hydrogens is 366 g/mol. The Labute approximate surface area is 162 Å². The third-order valence-electron chi connectivity index (χ3n) is 3.87. The second kappa shape index (κ2) is 9.78. The molecule has 142 valence electrons. The van der Waals surface area contributed by atoms with Gasteiger partial charge < -0.3 is 14.8 Å². The molecule has 0 heterocycles. The van der Waals surface area contributed by atoms with Crippen LogP contribution in [0.4, 0.5) is 5.69 Å². The van der Waals surface area contributed by atoms with Crippen LogP contribution in [0.2, 0.25) is 0 Å². The number of carbonyl (C=O) groups excluding carboxylic acids is 3. The van der Waals surface area contributed by atoms with Crippen molar-refractivity contribution in [2.24, 2.45) is 0 Å².